The fourth-order valence-electron chi connectivity index (χ4n) is 9.15. The summed E-state index contributed by atoms with van der Waals surface area (Å²) in [7, 11) is 0. The minimum absolute atomic E-state index is 0.0575. The van der Waals surface area contributed by atoms with E-state index < -0.39 is 27.4 Å². The molecular formula is C46H34B2N2O2S3. The van der Waals surface area contributed by atoms with Crippen LogP contribution < -0.4 is 51.4 Å². The molecule has 264 valence electrons. The highest BCUT2D eigenvalue weighted by Crippen LogP contribution is 2.51. The molecule has 0 atom stereocenters. The summed E-state index contributed by atoms with van der Waals surface area (Å²) in [5, 5.41) is 1.61. The van der Waals surface area contributed by atoms with Gasteiger partial charge in [-0.25, -0.2) is 0 Å². The van der Waals surface area contributed by atoms with Crippen molar-refractivity contribution in [1.82, 2.24) is 0 Å². The molecule has 12 rings (SSSR count). The Morgan fingerprint density at radius 1 is 0.564 bits per heavy atom. The van der Waals surface area contributed by atoms with Crippen LogP contribution in [0.25, 0.3) is 9.40 Å². The van der Waals surface area contributed by atoms with Crippen molar-refractivity contribution in [1.29, 1.82) is 0 Å². The third-order valence-corrected chi connectivity index (χ3v) is 15.1. The molecule has 0 fully saturated rings. The van der Waals surface area contributed by atoms with Gasteiger partial charge in [0.05, 0.1) is 9.70 Å². The SMILES string of the molecule is [2H]C([2H])([2H])c1cc(N2c3ccccc3B3c4sc5c6c(sc5c4Oc4cccc2c43)Oc2cccc3c2B6c2c(sc(C)c2C)N3c2cc(C([2H])([2H])[2H])cc(C([2H])([2H])[2H])c2)cc(C([2H])([2H])[2H])c1. The Hall–Kier alpha value is -5.21. The van der Waals surface area contributed by atoms with E-state index in [4.69, 9.17) is 25.9 Å². The number of ether oxygens (including phenoxy) is 2. The summed E-state index contributed by atoms with van der Waals surface area (Å²) in [6.45, 7) is -6.64. The first-order chi connectivity index (χ1) is 31.6. The molecule has 0 radical (unpaired) electrons. The van der Waals surface area contributed by atoms with Gasteiger partial charge in [0.2, 0.25) is 0 Å². The van der Waals surface area contributed by atoms with Crippen LogP contribution in [-0.2, 0) is 0 Å². The maximum Gasteiger partial charge on any atom is 0.268 e. The molecule has 8 aromatic rings. The van der Waals surface area contributed by atoms with E-state index in [1.165, 1.54) is 23.5 Å². The molecule has 0 amide bonds. The quantitative estimate of drug-likeness (QED) is 0.163. The van der Waals surface area contributed by atoms with Crippen LogP contribution in [0.15, 0.2) is 97.1 Å². The number of hydrogen-bond acceptors (Lipinski definition) is 7. The first kappa shape index (κ1) is 22.4. The molecule has 4 nitrogen and oxygen atoms in total. The van der Waals surface area contributed by atoms with Crippen LogP contribution >= 0.6 is 34.0 Å². The molecule has 55 heavy (non-hydrogen) atoms. The molecule has 0 aliphatic carbocycles. The maximum absolute atomic E-state index is 8.31. The smallest absolute Gasteiger partial charge is 0.268 e. The van der Waals surface area contributed by atoms with Crippen LogP contribution in [0.5, 0.6) is 22.3 Å². The second-order valence-electron chi connectivity index (χ2n) is 14.5. The second kappa shape index (κ2) is 11.2. The van der Waals surface area contributed by atoms with Crippen molar-refractivity contribution in [3.05, 3.63) is 130 Å². The number of nitrogens with zero attached hydrogens (tertiary/aromatic N) is 2. The number of para-hydroxylation sites is 1. The molecule has 4 aliphatic rings. The van der Waals surface area contributed by atoms with Crippen LogP contribution in [0, 0.1) is 41.3 Å². The predicted molar refractivity (Wildman–Crippen MR) is 238 cm³/mol. The maximum atomic E-state index is 8.31. The first-order valence-electron chi connectivity index (χ1n) is 23.9. The van der Waals surface area contributed by atoms with Crippen LogP contribution in [0.4, 0.5) is 33.4 Å². The summed E-state index contributed by atoms with van der Waals surface area (Å²) in [6, 6.07) is 28.3. The average molecular weight is 777 g/mol. The summed E-state index contributed by atoms with van der Waals surface area (Å²) < 4.78 is 116. The lowest BCUT2D eigenvalue weighted by molar-refractivity contribution is 0.495. The Balaban J connectivity index is 1.05. The lowest BCUT2D eigenvalue weighted by Crippen LogP contribution is -2.59. The van der Waals surface area contributed by atoms with E-state index in [0.29, 0.717) is 22.9 Å². The monoisotopic (exact) mass is 776 g/mol. The third kappa shape index (κ3) is 4.29. The Bertz CT molecular complexity index is 3400. The zero-order valence-corrected chi connectivity index (χ0v) is 31.8. The van der Waals surface area contributed by atoms with Crippen LogP contribution in [0.2, 0.25) is 0 Å². The zero-order chi connectivity index (χ0) is 47.0. The number of aryl methyl sites for hydroxylation is 5. The largest absolute Gasteiger partial charge is 0.456 e. The molecule has 9 heteroatoms. The summed E-state index contributed by atoms with van der Waals surface area (Å²) >= 11 is 4.77. The van der Waals surface area contributed by atoms with Gasteiger partial charge in [-0.2, -0.15) is 0 Å². The van der Waals surface area contributed by atoms with Gasteiger partial charge in [-0.3, -0.25) is 0 Å². The van der Waals surface area contributed by atoms with Crippen molar-refractivity contribution in [2.45, 2.75) is 41.3 Å². The second-order valence-corrected chi connectivity index (χ2v) is 17.7. The fraction of sp³-hybridized carbons (Fsp3) is 0.130. The molecule has 0 spiro atoms. The summed E-state index contributed by atoms with van der Waals surface area (Å²) in [5.74, 6) is 2.01. The van der Waals surface area contributed by atoms with Crippen molar-refractivity contribution >= 4 is 122 Å². The summed E-state index contributed by atoms with van der Waals surface area (Å²) in [4.78, 5) is 5.01. The number of hydrogen-bond donors (Lipinski definition) is 0. The minimum atomic E-state index is -2.56. The van der Waals surface area contributed by atoms with Crippen molar-refractivity contribution in [3.8, 4) is 22.3 Å². The zero-order valence-electron chi connectivity index (χ0n) is 41.3. The molecule has 5 aromatic carbocycles. The van der Waals surface area contributed by atoms with Gasteiger partial charge in [0.25, 0.3) is 13.4 Å². The van der Waals surface area contributed by atoms with E-state index in [1.54, 1.807) is 46.9 Å². The molecule has 0 saturated heterocycles. The molecule has 0 bridgehead atoms. The lowest BCUT2D eigenvalue weighted by Gasteiger charge is -2.39. The van der Waals surface area contributed by atoms with Gasteiger partial charge in [0.1, 0.15) is 11.5 Å². The average Bonchev–Trinajstić information content (AvgIpc) is 3.90. The summed E-state index contributed by atoms with van der Waals surface area (Å²) in [6.07, 6.45) is 0. The van der Waals surface area contributed by atoms with E-state index in [2.05, 4.69) is 19.9 Å². The topological polar surface area (TPSA) is 24.9 Å². The Morgan fingerprint density at radius 3 is 1.89 bits per heavy atom. The van der Waals surface area contributed by atoms with E-state index in [9.17, 15) is 0 Å². The highest BCUT2D eigenvalue weighted by Gasteiger charge is 2.49. The normalized spacial score (nSPS) is 18.3. The Labute approximate surface area is 350 Å². The van der Waals surface area contributed by atoms with Gasteiger partial charge in [-0.15, -0.1) is 22.7 Å². The van der Waals surface area contributed by atoms with E-state index in [1.807, 2.05) is 64.4 Å². The van der Waals surface area contributed by atoms with Crippen molar-refractivity contribution < 1.29 is 25.9 Å². The number of anilines is 6. The van der Waals surface area contributed by atoms with Crippen molar-refractivity contribution in [3.63, 3.8) is 0 Å². The molecule has 4 aliphatic heterocycles. The molecule has 7 heterocycles. The first-order valence-corrected chi connectivity index (χ1v) is 20.3. The summed E-state index contributed by atoms with van der Waals surface area (Å²) in [5.41, 5.74) is 8.74. The fourth-order valence-corrected chi connectivity index (χ4v) is 13.2. The molecule has 0 unspecified atom stereocenters. The molecule has 3 aromatic heterocycles. The lowest BCUT2D eigenvalue weighted by atomic mass is 9.34. The van der Waals surface area contributed by atoms with Crippen molar-refractivity contribution in [2.75, 3.05) is 9.80 Å². The van der Waals surface area contributed by atoms with Gasteiger partial charge >= 0.3 is 0 Å². The number of rotatable bonds is 2. The van der Waals surface area contributed by atoms with Gasteiger partial charge in [0, 0.05) is 64.7 Å². The Kier molecular flexibility index (Phi) is 4.55. The highest BCUT2D eigenvalue weighted by atomic mass is 32.1. The van der Waals surface area contributed by atoms with E-state index in [0.717, 1.165) is 84.8 Å². The van der Waals surface area contributed by atoms with Gasteiger partial charge in [-0.05, 0) is 146 Å². The number of thiophene rings is 3. The van der Waals surface area contributed by atoms with Crippen LogP contribution in [0.3, 0.4) is 0 Å². The van der Waals surface area contributed by atoms with Crippen LogP contribution in [-0.4, -0.2) is 13.4 Å². The standard InChI is InChI=1S/C46H34B2N2O2S3/c1-23-17-24(2)20-29(19-23)49-32-12-8-7-11-31(32)47-38-33(49)13-9-15-35(38)51-41-43-42(54-44(41)47)40-46(55-43)52-36-16-10-14-34-39(36)48(40)37-27(5)28(6)53-45(37)50(34)30-21-25(3)18-26(4)22-30/h7-22H,1-6H3/i1D3,2D3,3D3,4D3. The van der Waals surface area contributed by atoms with E-state index >= 15 is 0 Å². The minimum Gasteiger partial charge on any atom is -0.456 e. The molecule has 0 N–H and O–H groups in total. The molecular weight excluding hydrogens is 730 g/mol. The highest BCUT2D eigenvalue weighted by molar-refractivity contribution is 7.39. The number of benzene rings is 5. The van der Waals surface area contributed by atoms with E-state index in [-0.39, 0.29) is 35.7 Å². The van der Waals surface area contributed by atoms with Gasteiger partial charge in [0.15, 0.2) is 10.8 Å². The van der Waals surface area contributed by atoms with Crippen molar-refractivity contribution in [2.24, 2.45) is 0 Å². The van der Waals surface area contributed by atoms with Gasteiger partial charge < -0.3 is 19.3 Å². The third-order valence-electron chi connectivity index (χ3n) is 11.4. The van der Waals surface area contributed by atoms with Crippen LogP contribution in [0.1, 0.15) is 49.1 Å². The number of fused-ring (bicyclic) bond motifs is 11. The van der Waals surface area contributed by atoms with Gasteiger partial charge in [-0.1, -0.05) is 53.8 Å². The molecule has 0 saturated carbocycles. The Morgan fingerprint density at radius 2 is 1.18 bits per heavy atom. The predicted octanol–water partition coefficient (Wildman–Crippen LogP) is 9.69.